The van der Waals surface area contributed by atoms with Gasteiger partial charge < -0.3 is 15.3 Å². The predicted octanol–water partition coefficient (Wildman–Crippen LogP) is 0.778. The molecule has 2 N–H and O–H groups in total. The van der Waals surface area contributed by atoms with E-state index in [9.17, 15) is 15.2 Å². The van der Waals surface area contributed by atoms with E-state index in [0.29, 0.717) is 6.54 Å². The second-order valence-corrected chi connectivity index (χ2v) is 4.43. The highest BCUT2D eigenvalue weighted by Gasteiger charge is 2.31. The minimum absolute atomic E-state index is 0.0317. The number of hydrogen-bond acceptors (Lipinski definition) is 7. The Balaban J connectivity index is 2.45. The van der Waals surface area contributed by atoms with E-state index in [1.807, 2.05) is 4.90 Å². The Labute approximate surface area is 110 Å². The molecule has 1 atom stereocenters. The fraction of sp³-hybridized carbons (Fsp3) is 0.636. The third kappa shape index (κ3) is 2.58. The smallest absolute Gasteiger partial charge is 0.353 e. The van der Waals surface area contributed by atoms with Gasteiger partial charge in [0, 0.05) is 13.6 Å². The molecule has 2 heterocycles. The Hall–Kier alpha value is -1.96. The van der Waals surface area contributed by atoms with Crippen LogP contribution in [0.25, 0.3) is 0 Å². The molecule has 1 aliphatic rings. The van der Waals surface area contributed by atoms with Gasteiger partial charge in [-0.15, -0.1) is 0 Å². The molecule has 1 saturated heterocycles. The molecule has 104 valence electrons. The molecule has 19 heavy (non-hydrogen) atoms. The molecule has 1 aromatic rings. The number of aromatic nitrogens is 2. The van der Waals surface area contributed by atoms with Gasteiger partial charge >= 0.3 is 5.69 Å². The van der Waals surface area contributed by atoms with Crippen LogP contribution in [0.15, 0.2) is 6.33 Å². The number of nitrogens with zero attached hydrogens (tertiary/aromatic N) is 4. The number of rotatable bonds is 4. The topological polar surface area (TPSA) is 104 Å². The molecule has 1 aliphatic heterocycles. The lowest BCUT2D eigenvalue weighted by atomic mass is 10.0. The largest absolute Gasteiger partial charge is 0.394 e. The van der Waals surface area contributed by atoms with Gasteiger partial charge in [0.05, 0.1) is 17.6 Å². The van der Waals surface area contributed by atoms with Crippen molar-refractivity contribution in [2.24, 2.45) is 0 Å². The molecule has 8 nitrogen and oxygen atoms in total. The second-order valence-electron chi connectivity index (χ2n) is 4.43. The van der Waals surface area contributed by atoms with Crippen LogP contribution in [0.4, 0.5) is 17.3 Å². The van der Waals surface area contributed by atoms with Gasteiger partial charge in [-0.05, 0) is 19.3 Å². The lowest BCUT2D eigenvalue weighted by Crippen LogP contribution is -2.42. The zero-order valence-electron chi connectivity index (χ0n) is 10.7. The van der Waals surface area contributed by atoms with Gasteiger partial charge in [-0.2, -0.15) is 0 Å². The average Bonchev–Trinajstić information content (AvgIpc) is 2.46. The SMILES string of the molecule is CNc1ncnc(N2CCCCC2CO)c1[N+](=O)[O-]. The fourth-order valence-corrected chi connectivity index (χ4v) is 2.40. The predicted molar refractivity (Wildman–Crippen MR) is 70.3 cm³/mol. The molecule has 0 spiro atoms. The molecule has 0 radical (unpaired) electrons. The molecule has 8 heteroatoms. The van der Waals surface area contributed by atoms with Crippen molar-refractivity contribution in [3.05, 3.63) is 16.4 Å². The van der Waals surface area contributed by atoms with E-state index in [-0.39, 0.29) is 30.0 Å². The Bertz CT molecular complexity index is 468. The van der Waals surface area contributed by atoms with Crippen LogP contribution in [-0.2, 0) is 0 Å². The minimum atomic E-state index is -0.482. The lowest BCUT2D eigenvalue weighted by Gasteiger charge is -2.35. The van der Waals surface area contributed by atoms with E-state index in [0.717, 1.165) is 19.3 Å². The van der Waals surface area contributed by atoms with E-state index in [4.69, 9.17) is 0 Å². The number of nitro groups is 1. The normalized spacial score (nSPS) is 19.3. The van der Waals surface area contributed by atoms with Crippen molar-refractivity contribution in [1.82, 2.24) is 9.97 Å². The average molecular weight is 267 g/mol. The third-order valence-corrected chi connectivity index (χ3v) is 3.33. The number of aliphatic hydroxyl groups excluding tert-OH is 1. The summed E-state index contributed by atoms with van der Waals surface area (Å²) in [5.41, 5.74) is -0.134. The minimum Gasteiger partial charge on any atom is -0.394 e. The zero-order valence-corrected chi connectivity index (χ0v) is 10.7. The molecule has 1 unspecified atom stereocenters. The van der Waals surface area contributed by atoms with Crippen molar-refractivity contribution in [2.45, 2.75) is 25.3 Å². The summed E-state index contributed by atoms with van der Waals surface area (Å²) in [7, 11) is 1.58. The first-order valence-electron chi connectivity index (χ1n) is 6.23. The summed E-state index contributed by atoms with van der Waals surface area (Å²) in [6.45, 7) is 0.627. The number of hydrogen-bond donors (Lipinski definition) is 2. The Morgan fingerprint density at radius 1 is 1.58 bits per heavy atom. The first-order chi connectivity index (χ1) is 9.19. The molecule has 0 aromatic carbocycles. The van der Waals surface area contributed by atoms with Crippen molar-refractivity contribution in [3.8, 4) is 0 Å². The fourth-order valence-electron chi connectivity index (χ4n) is 2.40. The molecular weight excluding hydrogens is 250 g/mol. The number of piperidine rings is 1. The van der Waals surface area contributed by atoms with Crippen LogP contribution in [-0.4, -0.2) is 46.2 Å². The molecular formula is C11H17N5O3. The van der Waals surface area contributed by atoms with Crippen molar-refractivity contribution in [3.63, 3.8) is 0 Å². The van der Waals surface area contributed by atoms with Crippen molar-refractivity contribution in [1.29, 1.82) is 0 Å². The van der Waals surface area contributed by atoms with Crippen molar-refractivity contribution < 1.29 is 10.0 Å². The molecule has 1 aromatic heterocycles. The Kier molecular flexibility index (Phi) is 4.10. The number of anilines is 2. The summed E-state index contributed by atoms with van der Waals surface area (Å²) in [6, 6.07) is -0.118. The highest BCUT2D eigenvalue weighted by molar-refractivity contribution is 5.70. The van der Waals surface area contributed by atoms with Crippen LogP contribution >= 0.6 is 0 Å². The summed E-state index contributed by atoms with van der Waals surface area (Å²) in [4.78, 5) is 20.5. The van der Waals surface area contributed by atoms with Crippen LogP contribution in [0.2, 0.25) is 0 Å². The number of aliphatic hydroxyl groups is 1. The van der Waals surface area contributed by atoms with Crippen LogP contribution in [0.1, 0.15) is 19.3 Å². The highest BCUT2D eigenvalue weighted by atomic mass is 16.6. The maximum absolute atomic E-state index is 11.2. The molecule has 0 amide bonds. The van der Waals surface area contributed by atoms with Gasteiger partial charge in [-0.3, -0.25) is 10.1 Å². The van der Waals surface area contributed by atoms with Gasteiger partial charge in [0.2, 0.25) is 11.6 Å². The van der Waals surface area contributed by atoms with Gasteiger partial charge in [0.25, 0.3) is 0 Å². The van der Waals surface area contributed by atoms with Crippen LogP contribution in [0.5, 0.6) is 0 Å². The van der Waals surface area contributed by atoms with E-state index >= 15 is 0 Å². The van der Waals surface area contributed by atoms with Crippen LogP contribution in [0, 0.1) is 10.1 Å². The van der Waals surface area contributed by atoms with Gasteiger partial charge in [-0.1, -0.05) is 0 Å². The number of nitrogens with one attached hydrogen (secondary N) is 1. The van der Waals surface area contributed by atoms with Crippen LogP contribution in [0.3, 0.4) is 0 Å². The first-order valence-corrected chi connectivity index (χ1v) is 6.23. The maximum Gasteiger partial charge on any atom is 0.353 e. The molecule has 0 saturated carbocycles. The molecule has 0 bridgehead atoms. The van der Waals surface area contributed by atoms with E-state index < -0.39 is 4.92 Å². The van der Waals surface area contributed by atoms with Crippen LogP contribution < -0.4 is 10.2 Å². The monoisotopic (exact) mass is 267 g/mol. The lowest BCUT2D eigenvalue weighted by molar-refractivity contribution is -0.383. The summed E-state index contributed by atoms with van der Waals surface area (Å²) in [5.74, 6) is 0.473. The van der Waals surface area contributed by atoms with E-state index in [1.54, 1.807) is 7.05 Å². The van der Waals surface area contributed by atoms with E-state index in [1.165, 1.54) is 6.33 Å². The molecule has 2 rings (SSSR count). The second kappa shape index (κ2) is 5.79. The standard InChI is InChI=1S/C11H17N5O3/c1-12-10-9(16(18)19)11(14-7-13-10)15-5-3-2-4-8(15)6-17/h7-8,17H,2-6H2,1H3,(H,12,13,14). The first kappa shape index (κ1) is 13.5. The van der Waals surface area contributed by atoms with Gasteiger partial charge in [0.15, 0.2) is 0 Å². The molecule has 0 aliphatic carbocycles. The highest BCUT2D eigenvalue weighted by Crippen LogP contribution is 2.34. The summed E-state index contributed by atoms with van der Waals surface area (Å²) < 4.78 is 0. The summed E-state index contributed by atoms with van der Waals surface area (Å²) in [6.07, 6.45) is 4.07. The van der Waals surface area contributed by atoms with Gasteiger partial charge in [-0.25, -0.2) is 9.97 Å². The Morgan fingerprint density at radius 3 is 3.00 bits per heavy atom. The third-order valence-electron chi connectivity index (χ3n) is 3.33. The summed E-state index contributed by atoms with van der Waals surface area (Å²) in [5, 5.41) is 23.4. The molecule has 1 fully saturated rings. The maximum atomic E-state index is 11.2. The van der Waals surface area contributed by atoms with Crippen molar-refractivity contribution in [2.75, 3.05) is 30.4 Å². The quantitative estimate of drug-likeness (QED) is 0.613. The summed E-state index contributed by atoms with van der Waals surface area (Å²) >= 11 is 0. The Morgan fingerprint density at radius 2 is 2.37 bits per heavy atom. The van der Waals surface area contributed by atoms with E-state index in [2.05, 4.69) is 15.3 Å². The van der Waals surface area contributed by atoms with Gasteiger partial charge in [0.1, 0.15) is 6.33 Å². The zero-order chi connectivity index (χ0) is 13.8. The van der Waals surface area contributed by atoms with Crippen molar-refractivity contribution >= 4 is 17.3 Å².